The lowest BCUT2D eigenvalue weighted by Crippen LogP contribution is -2.44. The lowest BCUT2D eigenvalue weighted by atomic mass is 10.1. The summed E-state index contributed by atoms with van der Waals surface area (Å²) in [5.41, 5.74) is 5.23. The van der Waals surface area contributed by atoms with Gasteiger partial charge in [-0.05, 0) is 75.1 Å². The number of likely N-dealkylation sites (N-methyl/N-ethyl adjacent to an activating group) is 1. The van der Waals surface area contributed by atoms with E-state index in [-0.39, 0.29) is 29.4 Å². The van der Waals surface area contributed by atoms with Gasteiger partial charge in [0.25, 0.3) is 5.56 Å². The van der Waals surface area contributed by atoms with Crippen molar-refractivity contribution in [2.24, 2.45) is 5.92 Å². The molecule has 1 aromatic carbocycles. The van der Waals surface area contributed by atoms with Crippen LogP contribution in [0.2, 0.25) is 0 Å². The predicted octanol–water partition coefficient (Wildman–Crippen LogP) is 4.29. The Morgan fingerprint density at radius 2 is 1.86 bits per heavy atom. The molecule has 3 aromatic heterocycles. The maximum atomic E-state index is 13.9. The molecule has 4 aromatic rings. The molecule has 0 spiro atoms. The minimum Gasteiger partial charge on any atom is -0.369 e. The summed E-state index contributed by atoms with van der Waals surface area (Å²) >= 11 is 0. The molecule has 1 saturated heterocycles. The molecule has 0 unspecified atom stereocenters. The highest BCUT2D eigenvalue weighted by Crippen LogP contribution is 2.33. The molecule has 1 N–H and O–H groups in total. The van der Waals surface area contributed by atoms with Crippen LogP contribution in [0.3, 0.4) is 0 Å². The van der Waals surface area contributed by atoms with E-state index in [1.807, 2.05) is 12.1 Å². The molecule has 2 aliphatic carbocycles. The number of anilines is 3. The first-order chi connectivity index (χ1) is 20.5. The smallest absolute Gasteiger partial charge is 0.263 e. The third-order valence-corrected chi connectivity index (χ3v) is 8.49. The van der Waals surface area contributed by atoms with Gasteiger partial charge in [-0.2, -0.15) is 4.98 Å². The van der Waals surface area contributed by atoms with E-state index in [2.05, 4.69) is 55.3 Å². The summed E-state index contributed by atoms with van der Waals surface area (Å²) in [6.45, 7) is 4.32. The number of nitrogens with zero attached hydrogens (tertiary/aromatic N) is 7. The Balaban J connectivity index is 1.23. The zero-order valence-electron chi connectivity index (χ0n) is 23.8. The van der Waals surface area contributed by atoms with Gasteiger partial charge in [0, 0.05) is 66.8 Å². The average molecular weight is 563 g/mol. The second-order valence-electron chi connectivity index (χ2n) is 11.5. The number of rotatable bonds is 8. The van der Waals surface area contributed by atoms with Crippen LogP contribution in [0.15, 0.2) is 59.9 Å². The number of fused-ring (bicyclic) bond motifs is 1. The Kier molecular flexibility index (Phi) is 6.99. The fourth-order valence-electron chi connectivity index (χ4n) is 5.88. The number of carbonyl (C=O) groups is 1. The van der Waals surface area contributed by atoms with E-state index in [1.165, 1.54) is 11.3 Å². The van der Waals surface area contributed by atoms with Gasteiger partial charge in [0.2, 0.25) is 5.95 Å². The first-order valence-electron chi connectivity index (χ1n) is 14.8. The molecule has 3 aliphatic rings. The fourth-order valence-corrected chi connectivity index (χ4v) is 5.88. The van der Waals surface area contributed by atoms with Crippen molar-refractivity contribution in [3.05, 3.63) is 82.3 Å². The van der Waals surface area contributed by atoms with E-state index >= 15 is 0 Å². The summed E-state index contributed by atoms with van der Waals surface area (Å²) in [7, 11) is 2.15. The van der Waals surface area contributed by atoms with E-state index in [0.717, 1.165) is 75.2 Å². The Hall–Kier alpha value is -4.44. The molecule has 10 heteroatoms. The Labute approximate surface area is 244 Å². The van der Waals surface area contributed by atoms with Gasteiger partial charge in [0.05, 0.1) is 17.8 Å². The largest absolute Gasteiger partial charge is 0.369 e. The first-order valence-corrected chi connectivity index (χ1v) is 14.8. The minimum absolute atomic E-state index is 0.0708. The van der Waals surface area contributed by atoms with Gasteiger partial charge >= 0.3 is 0 Å². The SMILES string of the molecule is CN1CCN(c2ccc(Nc3ncc4cc(C(=O)C5CC5)c(=O)n(Cc5cncnc5C5=CCCC5)c4n3)cc2)CC1. The third kappa shape index (κ3) is 5.30. The van der Waals surface area contributed by atoms with Gasteiger partial charge in [-0.15, -0.1) is 0 Å². The maximum absolute atomic E-state index is 13.9. The molecular formula is C32H34N8O2. The maximum Gasteiger partial charge on any atom is 0.263 e. The van der Waals surface area contributed by atoms with Gasteiger partial charge in [-0.3, -0.25) is 14.2 Å². The summed E-state index contributed by atoms with van der Waals surface area (Å²) in [5.74, 6) is 0.215. The molecule has 0 amide bonds. The fraction of sp³-hybridized carbons (Fsp3) is 0.375. The van der Waals surface area contributed by atoms with Gasteiger partial charge in [-0.1, -0.05) is 6.08 Å². The highest BCUT2D eigenvalue weighted by molar-refractivity contribution is 6.01. The highest BCUT2D eigenvalue weighted by atomic mass is 16.1. The monoisotopic (exact) mass is 562 g/mol. The van der Waals surface area contributed by atoms with E-state index in [4.69, 9.17) is 4.98 Å². The van der Waals surface area contributed by atoms with Crippen molar-refractivity contribution in [2.75, 3.05) is 43.4 Å². The van der Waals surface area contributed by atoms with Gasteiger partial charge in [0.1, 0.15) is 12.0 Å². The van der Waals surface area contributed by atoms with Crippen LogP contribution in [0.25, 0.3) is 16.6 Å². The molecule has 0 radical (unpaired) electrons. The number of allylic oxidation sites excluding steroid dienone is 2. The van der Waals surface area contributed by atoms with E-state index in [0.29, 0.717) is 17.0 Å². The standard InChI is InChI=1S/C32H34N8O2/c1-38-12-14-39(15-13-38)26-10-8-25(9-11-26)36-32-34-18-23-16-27(29(41)22-6-7-22)31(42)40(30(23)37-32)19-24-17-33-20-35-28(24)21-4-2-3-5-21/h4,8-11,16-18,20,22H,2-3,5-7,12-15,19H2,1H3,(H,34,36,37). The number of carbonyl (C=O) groups excluding carboxylic acids is 1. The van der Waals surface area contributed by atoms with Crippen LogP contribution in [-0.4, -0.2) is 68.4 Å². The summed E-state index contributed by atoms with van der Waals surface area (Å²) in [6, 6.07) is 9.92. The number of pyridine rings is 1. The van der Waals surface area contributed by atoms with Crippen LogP contribution in [0.1, 0.15) is 53.7 Å². The van der Waals surface area contributed by atoms with Crippen molar-refractivity contribution >= 4 is 39.7 Å². The molecule has 7 rings (SSSR count). The molecule has 214 valence electrons. The molecule has 1 saturated carbocycles. The molecular weight excluding hydrogens is 528 g/mol. The van der Waals surface area contributed by atoms with E-state index in [9.17, 15) is 9.59 Å². The van der Waals surface area contributed by atoms with E-state index in [1.54, 1.807) is 29.4 Å². The Bertz CT molecular complexity index is 1730. The van der Waals surface area contributed by atoms with Crippen molar-refractivity contribution in [1.29, 1.82) is 0 Å². The van der Waals surface area contributed by atoms with Gasteiger partial charge in [0.15, 0.2) is 5.78 Å². The zero-order chi connectivity index (χ0) is 28.6. The number of aromatic nitrogens is 5. The van der Waals surface area contributed by atoms with Gasteiger partial charge < -0.3 is 15.1 Å². The number of Topliss-reactive ketones (excluding diaryl/α,β-unsaturated/α-hetero) is 1. The first kappa shape index (κ1) is 26.5. The highest BCUT2D eigenvalue weighted by Gasteiger charge is 2.33. The number of hydrogen-bond donors (Lipinski definition) is 1. The molecule has 0 atom stereocenters. The minimum atomic E-state index is -0.337. The second-order valence-corrected chi connectivity index (χ2v) is 11.5. The Morgan fingerprint density at radius 1 is 1.05 bits per heavy atom. The van der Waals surface area contributed by atoms with Crippen molar-refractivity contribution in [1.82, 2.24) is 29.4 Å². The molecule has 2 fully saturated rings. The molecule has 10 nitrogen and oxygen atoms in total. The second kappa shape index (κ2) is 11.1. The van der Waals surface area contributed by atoms with Crippen molar-refractivity contribution < 1.29 is 4.79 Å². The summed E-state index contributed by atoms with van der Waals surface area (Å²) in [4.78, 5) is 49.9. The number of nitrogens with one attached hydrogen (secondary N) is 1. The number of hydrogen-bond acceptors (Lipinski definition) is 9. The average Bonchev–Trinajstić information content (AvgIpc) is 3.73. The quantitative estimate of drug-likeness (QED) is 0.315. The number of piperazine rings is 1. The van der Waals surface area contributed by atoms with E-state index < -0.39 is 0 Å². The van der Waals surface area contributed by atoms with Crippen molar-refractivity contribution in [3.8, 4) is 0 Å². The molecule has 1 aliphatic heterocycles. The molecule has 4 heterocycles. The summed E-state index contributed by atoms with van der Waals surface area (Å²) in [5, 5.41) is 3.95. The van der Waals surface area contributed by atoms with Crippen LogP contribution in [-0.2, 0) is 6.54 Å². The van der Waals surface area contributed by atoms with Crippen LogP contribution in [0.5, 0.6) is 0 Å². The van der Waals surface area contributed by atoms with Crippen LogP contribution < -0.4 is 15.8 Å². The van der Waals surface area contributed by atoms with Crippen LogP contribution >= 0.6 is 0 Å². The van der Waals surface area contributed by atoms with Crippen LogP contribution in [0, 0.1) is 5.92 Å². The predicted molar refractivity (Wildman–Crippen MR) is 163 cm³/mol. The van der Waals surface area contributed by atoms with Crippen molar-refractivity contribution in [2.45, 2.75) is 38.6 Å². The topological polar surface area (TPSA) is 109 Å². The Morgan fingerprint density at radius 3 is 2.60 bits per heavy atom. The number of benzene rings is 1. The van der Waals surface area contributed by atoms with Crippen molar-refractivity contribution in [3.63, 3.8) is 0 Å². The lowest BCUT2D eigenvalue weighted by molar-refractivity contribution is 0.0966. The summed E-state index contributed by atoms with van der Waals surface area (Å²) < 4.78 is 1.59. The number of ketones is 1. The lowest BCUT2D eigenvalue weighted by Gasteiger charge is -2.34. The van der Waals surface area contributed by atoms with Gasteiger partial charge in [-0.25, -0.2) is 15.0 Å². The third-order valence-electron chi connectivity index (χ3n) is 8.49. The molecule has 42 heavy (non-hydrogen) atoms. The molecule has 0 bridgehead atoms. The normalized spacial score (nSPS) is 17.5. The zero-order valence-corrected chi connectivity index (χ0v) is 23.8. The van der Waals surface area contributed by atoms with Crippen LogP contribution in [0.4, 0.5) is 17.3 Å². The summed E-state index contributed by atoms with van der Waals surface area (Å²) in [6.07, 6.45) is 11.9.